The summed E-state index contributed by atoms with van der Waals surface area (Å²) in [4.78, 5) is 2.50. The lowest BCUT2D eigenvalue weighted by Crippen LogP contribution is -2.22. The summed E-state index contributed by atoms with van der Waals surface area (Å²) in [6.45, 7) is 8.54. The topological polar surface area (TPSA) is 64.8 Å². The molecule has 0 aliphatic carbocycles. The summed E-state index contributed by atoms with van der Waals surface area (Å²) in [5.41, 5.74) is 2.65. The van der Waals surface area contributed by atoms with Gasteiger partial charge in [0.05, 0.1) is 5.69 Å². The molecule has 1 fully saturated rings. The van der Waals surface area contributed by atoms with Gasteiger partial charge >= 0.3 is 0 Å². The Bertz CT molecular complexity index is 500. The second kappa shape index (κ2) is 7.94. The number of rotatable bonds is 7. The van der Waals surface area contributed by atoms with Crippen LogP contribution in [0.1, 0.15) is 49.9 Å². The van der Waals surface area contributed by atoms with Crippen molar-refractivity contribution in [3.8, 4) is 6.07 Å². The maximum atomic E-state index is 9.41. The van der Waals surface area contributed by atoms with E-state index in [1.165, 1.54) is 25.9 Å². The van der Waals surface area contributed by atoms with E-state index in [1.807, 2.05) is 6.92 Å². The van der Waals surface area contributed by atoms with E-state index >= 15 is 0 Å². The fraction of sp³-hybridized carbons (Fsp3) is 0.688. The van der Waals surface area contributed by atoms with Crippen molar-refractivity contribution in [3.63, 3.8) is 0 Å². The standard InChI is InChI=1S/C16H25N5/c1-3-13-14(12-17)16(20-19-15(13)4-2)18-8-7-11-21-9-5-6-10-21/h3-11H2,1-2H3,(H,18,20). The van der Waals surface area contributed by atoms with Crippen molar-refractivity contribution < 1.29 is 0 Å². The van der Waals surface area contributed by atoms with E-state index in [-0.39, 0.29) is 0 Å². The number of hydrogen-bond acceptors (Lipinski definition) is 5. The van der Waals surface area contributed by atoms with Crippen molar-refractivity contribution in [3.05, 3.63) is 16.8 Å². The van der Waals surface area contributed by atoms with Crippen LogP contribution in [0.4, 0.5) is 5.82 Å². The maximum absolute atomic E-state index is 9.41. The summed E-state index contributed by atoms with van der Waals surface area (Å²) in [5.74, 6) is 0.646. The molecule has 0 atom stereocenters. The Hall–Kier alpha value is -1.67. The third-order valence-corrected chi connectivity index (χ3v) is 4.10. The molecular formula is C16H25N5. The zero-order valence-electron chi connectivity index (χ0n) is 13.2. The van der Waals surface area contributed by atoms with E-state index in [1.54, 1.807) is 0 Å². The molecule has 1 saturated heterocycles. The van der Waals surface area contributed by atoms with Gasteiger partial charge in [-0.3, -0.25) is 0 Å². The second-order valence-corrected chi connectivity index (χ2v) is 5.50. The number of likely N-dealkylation sites (tertiary alicyclic amines) is 1. The predicted octanol–water partition coefficient (Wildman–Crippen LogP) is 2.37. The van der Waals surface area contributed by atoms with E-state index in [0.717, 1.165) is 43.6 Å². The molecule has 2 rings (SSSR count). The lowest BCUT2D eigenvalue weighted by molar-refractivity contribution is 0.337. The van der Waals surface area contributed by atoms with E-state index in [0.29, 0.717) is 11.4 Å². The number of anilines is 1. The third kappa shape index (κ3) is 3.92. The molecule has 114 valence electrons. The van der Waals surface area contributed by atoms with E-state index < -0.39 is 0 Å². The molecular weight excluding hydrogens is 262 g/mol. The number of aryl methyl sites for hydroxylation is 1. The van der Waals surface area contributed by atoms with Gasteiger partial charge in [-0.2, -0.15) is 10.4 Å². The molecule has 2 heterocycles. The second-order valence-electron chi connectivity index (χ2n) is 5.50. The number of nitriles is 1. The minimum Gasteiger partial charge on any atom is -0.367 e. The summed E-state index contributed by atoms with van der Waals surface area (Å²) >= 11 is 0. The van der Waals surface area contributed by atoms with Crippen LogP contribution in [-0.4, -0.2) is 41.3 Å². The van der Waals surface area contributed by atoms with Crippen molar-refractivity contribution in [2.45, 2.75) is 46.0 Å². The summed E-state index contributed by atoms with van der Waals surface area (Å²) in [5, 5.41) is 21.2. The van der Waals surface area contributed by atoms with Crippen LogP contribution in [0.5, 0.6) is 0 Å². The zero-order valence-corrected chi connectivity index (χ0v) is 13.2. The minimum absolute atomic E-state index is 0.646. The Morgan fingerprint density at radius 3 is 2.57 bits per heavy atom. The number of aromatic nitrogens is 2. The Balaban J connectivity index is 1.94. The molecule has 0 saturated carbocycles. The van der Waals surface area contributed by atoms with Crippen LogP contribution in [0.15, 0.2) is 0 Å². The van der Waals surface area contributed by atoms with Crippen molar-refractivity contribution >= 4 is 5.82 Å². The lowest BCUT2D eigenvalue weighted by Gasteiger charge is -2.15. The van der Waals surface area contributed by atoms with Gasteiger partial charge in [-0.05, 0) is 57.3 Å². The smallest absolute Gasteiger partial charge is 0.166 e. The first kappa shape index (κ1) is 15.7. The van der Waals surface area contributed by atoms with Crippen LogP contribution in [0.2, 0.25) is 0 Å². The Kier molecular flexibility index (Phi) is 5.94. The van der Waals surface area contributed by atoms with Gasteiger partial charge in [-0.25, -0.2) is 0 Å². The van der Waals surface area contributed by atoms with Crippen LogP contribution < -0.4 is 5.32 Å². The predicted molar refractivity (Wildman–Crippen MR) is 84.3 cm³/mol. The summed E-state index contributed by atoms with van der Waals surface area (Å²) in [6.07, 6.45) is 5.37. The summed E-state index contributed by atoms with van der Waals surface area (Å²) in [7, 11) is 0. The Labute approximate surface area is 127 Å². The monoisotopic (exact) mass is 287 g/mol. The molecule has 0 aromatic carbocycles. The van der Waals surface area contributed by atoms with Gasteiger partial charge in [-0.1, -0.05) is 13.8 Å². The van der Waals surface area contributed by atoms with Crippen LogP contribution in [0.3, 0.4) is 0 Å². The van der Waals surface area contributed by atoms with Crippen molar-refractivity contribution in [2.24, 2.45) is 0 Å². The van der Waals surface area contributed by atoms with Crippen molar-refractivity contribution in [1.29, 1.82) is 5.26 Å². The number of hydrogen-bond donors (Lipinski definition) is 1. The fourth-order valence-corrected chi connectivity index (χ4v) is 2.93. The average molecular weight is 287 g/mol. The zero-order chi connectivity index (χ0) is 15.1. The lowest BCUT2D eigenvalue weighted by atomic mass is 10.0. The molecule has 0 amide bonds. The quantitative estimate of drug-likeness (QED) is 0.780. The SMILES string of the molecule is CCc1nnc(NCCCN2CCCC2)c(C#N)c1CC. The van der Waals surface area contributed by atoms with E-state index in [9.17, 15) is 5.26 Å². The highest BCUT2D eigenvalue weighted by molar-refractivity contribution is 5.56. The summed E-state index contributed by atoms with van der Waals surface area (Å²) in [6, 6.07) is 2.30. The highest BCUT2D eigenvalue weighted by Crippen LogP contribution is 2.19. The molecule has 1 N–H and O–H groups in total. The molecule has 5 heteroatoms. The molecule has 5 nitrogen and oxygen atoms in total. The van der Waals surface area contributed by atoms with Gasteiger partial charge in [0.25, 0.3) is 0 Å². The maximum Gasteiger partial charge on any atom is 0.166 e. The molecule has 1 aromatic rings. The fourth-order valence-electron chi connectivity index (χ4n) is 2.93. The normalized spacial score (nSPS) is 15.1. The molecule has 0 radical (unpaired) electrons. The minimum atomic E-state index is 0.646. The van der Waals surface area contributed by atoms with E-state index in [2.05, 4.69) is 33.4 Å². The van der Waals surface area contributed by atoms with Gasteiger partial charge in [-0.15, -0.1) is 5.10 Å². The molecule has 0 unspecified atom stereocenters. The number of nitrogens with one attached hydrogen (secondary N) is 1. The van der Waals surface area contributed by atoms with Gasteiger partial charge in [0, 0.05) is 6.54 Å². The first-order valence-corrected chi connectivity index (χ1v) is 8.04. The van der Waals surface area contributed by atoms with Gasteiger partial charge in [0.1, 0.15) is 11.6 Å². The Morgan fingerprint density at radius 2 is 1.95 bits per heavy atom. The van der Waals surface area contributed by atoms with Crippen LogP contribution in [0.25, 0.3) is 0 Å². The van der Waals surface area contributed by atoms with E-state index in [4.69, 9.17) is 0 Å². The first-order chi connectivity index (χ1) is 10.3. The molecule has 1 aliphatic heterocycles. The highest BCUT2D eigenvalue weighted by Gasteiger charge is 2.14. The van der Waals surface area contributed by atoms with Crippen LogP contribution in [-0.2, 0) is 12.8 Å². The molecule has 21 heavy (non-hydrogen) atoms. The average Bonchev–Trinajstić information content (AvgIpc) is 3.03. The van der Waals surface area contributed by atoms with Gasteiger partial charge in [0.2, 0.25) is 0 Å². The molecule has 0 spiro atoms. The molecule has 1 aliphatic rings. The van der Waals surface area contributed by atoms with Crippen LogP contribution in [0, 0.1) is 11.3 Å². The molecule has 1 aromatic heterocycles. The van der Waals surface area contributed by atoms with Gasteiger partial charge < -0.3 is 10.2 Å². The van der Waals surface area contributed by atoms with Crippen molar-refractivity contribution in [1.82, 2.24) is 15.1 Å². The first-order valence-electron chi connectivity index (χ1n) is 8.04. The third-order valence-electron chi connectivity index (χ3n) is 4.10. The number of nitrogens with zero attached hydrogens (tertiary/aromatic N) is 4. The van der Waals surface area contributed by atoms with Gasteiger partial charge in [0.15, 0.2) is 5.82 Å². The van der Waals surface area contributed by atoms with Crippen molar-refractivity contribution in [2.75, 3.05) is 31.5 Å². The highest BCUT2D eigenvalue weighted by atomic mass is 15.2. The summed E-state index contributed by atoms with van der Waals surface area (Å²) < 4.78 is 0. The van der Waals surface area contributed by atoms with Crippen LogP contribution >= 0.6 is 0 Å². The molecule has 0 bridgehead atoms. The Morgan fingerprint density at radius 1 is 1.19 bits per heavy atom. The largest absolute Gasteiger partial charge is 0.367 e.